The normalized spacial score (nSPS) is 15.1. The van der Waals surface area contributed by atoms with Crippen molar-refractivity contribution in [2.45, 2.75) is 26.5 Å². The fourth-order valence-corrected chi connectivity index (χ4v) is 4.41. The van der Waals surface area contributed by atoms with Crippen LogP contribution in [0.25, 0.3) is 0 Å². The Hall–Kier alpha value is -3.76. The second-order valence-corrected chi connectivity index (χ2v) is 9.30. The van der Waals surface area contributed by atoms with Gasteiger partial charge in [0.05, 0.1) is 5.56 Å². The van der Waals surface area contributed by atoms with Gasteiger partial charge >= 0.3 is 0 Å². The SMILES string of the molecule is COCC(=O)N1CCCN(C)CCN(C(=O)c2noc(C)c2COc2ccc(F)cc2)Cc2ccccc21. The van der Waals surface area contributed by atoms with Crippen LogP contribution in [0.3, 0.4) is 0 Å². The van der Waals surface area contributed by atoms with E-state index in [4.69, 9.17) is 14.0 Å². The first kappa shape index (κ1) is 27.3. The van der Waals surface area contributed by atoms with E-state index in [0.29, 0.717) is 36.7 Å². The number of anilines is 1. The highest BCUT2D eigenvalue weighted by Gasteiger charge is 2.28. The Bertz CT molecular complexity index is 1250. The largest absolute Gasteiger partial charge is 0.489 e. The molecule has 0 N–H and O–H groups in total. The second-order valence-electron chi connectivity index (χ2n) is 9.30. The van der Waals surface area contributed by atoms with Crippen LogP contribution in [0.2, 0.25) is 0 Å². The van der Waals surface area contributed by atoms with Crippen LogP contribution in [0.15, 0.2) is 53.1 Å². The summed E-state index contributed by atoms with van der Waals surface area (Å²) in [6, 6.07) is 13.3. The standard InChI is InChI=1S/C28H33FN4O5/c1-20-24(18-37-23-11-9-22(29)10-12-23)27(30-38-20)28(35)32-16-15-31(2)13-6-14-33(26(34)19-36-3)25-8-5-4-7-21(25)17-32/h4-5,7-12H,6,13-19H2,1-3H3. The Morgan fingerprint density at radius 3 is 2.58 bits per heavy atom. The van der Waals surface area contributed by atoms with Crippen LogP contribution in [-0.4, -0.2) is 73.7 Å². The molecule has 0 radical (unpaired) electrons. The van der Waals surface area contributed by atoms with Crippen LogP contribution in [0.1, 0.15) is 33.8 Å². The van der Waals surface area contributed by atoms with E-state index in [-0.39, 0.29) is 43.1 Å². The lowest BCUT2D eigenvalue weighted by Crippen LogP contribution is -2.38. The Labute approximate surface area is 221 Å². The first-order valence-corrected chi connectivity index (χ1v) is 12.6. The Kier molecular flexibility index (Phi) is 9.09. The average Bonchev–Trinajstić information content (AvgIpc) is 3.27. The van der Waals surface area contributed by atoms with Gasteiger partial charge < -0.3 is 28.7 Å². The number of aryl methyl sites for hydroxylation is 1. The van der Waals surface area contributed by atoms with Gasteiger partial charge in [-0.1, -0.05) is 23.4 Å². The molecule has 0 saturated heterocycles. The van der Waals surface area contributed by atoms with Crippen molar-refractivity contribution in [3.8, 4) is 5.75 Å². The van der Waals surface area contributed by atoms with Gasteiger partial charge in [-0.05, 0) is 62.8 Å². The number of hydrogen-bond acceptors (Lipinski definition) is 7. The summed E-state index contributed by atoms with van der Waals surface area (Å²) in [7, 11) is 3.50. The lowest BCUT2D eigenvalue weighted by Gasteiger charge is -2.27. The molecule has 0 unspecified atom stereocenters. The third-order valence-corrected chi connectivity index (χ3v) is 6.56. The molecule has 1 aromatic heterocycles. The summed E-state index contributed by atoms with van der Waals surface area (Å²) >= 11 is 0. The number of para-hydroxylation sites is 1. The van der Waals surface area contributed by atoms with Crippen LogP contribution in [0.4, 0.5) is 10.1 Å². The number of carbonyl (C=O) groups excluding carboxylic acids is 2. The molecule has 2 amide bonds. The third-order valence-electron chi connectivity index (χ3n) is 6.56. The molecule has 1 aliphatic heterocycles. The van der Waals surface area contributed by atoms with Crippen molar-refractivity contribution in [1.29, 1.82) is 0 Å². The van der Waals surface area contributed by atoms with E-state index >= 15 is 0 Å². The molecule has 0 spiro atoms. The highest BCUT2D eigenvalue weighted by atomic mass is 19.1. The maximum absolute atomic E-state index is 13.9. The fourth-order valence-electron chi connectivity index (χ4n) is 4.41. The molecular weight excluding hydrogens is 491 g/mol. The molecular formula is C28H33FN4O5. The average molecular weight is 525 g/mol. The molecule has 9 nitrogen and oxygen atoms in total. The van der Waals surface area contributed by atoms with Gasteiger partial charge in [0.1, 0.15) is 30.5 Å². The Morgan fingerprint density at radius 2 is 1.82 bits per heavy atom. The molecule has 3 aromatic rings. The number of likely N-dealkylation sites (N-methyl/N-ethyl adjacent to an activating group) is 1. The maximum Gasteiger partial charge on any atom is 0.276 e. The number of aromatic nitrogens is 1. The number of halogens is 1. The number of hydrogen-bond donors (Lipinski definition) is 0. The number of ether oxygens (including phenoxy) is 2. The predicted molar refractivity (Wildman–Crippen MR) is 139 cm³/mol. The molecule has 0 aliphatic carbocycles. The minimum absolute atomic E-state index is 0.0253. The van der Waals surface area contributed by atoms with Crippen molar-refractivity contribution >= 4 is 17.5 Å². The first-order chi connectivity index (χ1) is 18.4. The van der Waals surface area contributed by atoms with Crippen LogP contribution in [0, 0.1) is 12.7 Å². The smallest absolute Gasteiger partial charge is 0.276 e. The van der Waals surface area contributed by atoms with Crippen molar-refractivity contribution < 1.29 is 28.0 Å². The number of amides is 2. The topological polar surface area (TPSA) is 88.4 Å². The zero-order valence-corrected chi connectivity index (χ0v) is 22.0. The second kappa shape index (κ2) is 12.7. The van der Waals surface area contributed by atoms with E-state index in [1.54, 1.807) is 16.7 Å². The van der Waals surface area contributed by atoms with Crippen LogP contribution >= 0.6 is 0 Å². The minimum atomic E-state index is -0.360. The van der Waals surface area contributed by atoms with Gasteiger partial charge in [-0.25, -0.2) is 4.39 Å². The number of benzene rings is 2. The zero-order chi connectivity index (χ0) is 27.1. The van der Waals surface area contributed by atoms with Crippen molar-refractivity contribution in [1.82, 2.24) is 15.0 Å². The minimum Gasteiger partial charge on any atom is -0.489 e. The van der Waals surface area contributed by atoms with Gasteiger partial charge in [0.2, 0.25) is 0 Å². The summed E-state index contributed by atoms with van der Waals surface area (Å²) in [4.78, 5) is 32.4. The zero-order valence-electron chi connectivity index (χ0n) is 22.0. The molecule has 1 aliphatic rings. The summed E-state index contributed by atoms with van der Waals surface area (Å²) < 4.78 is 29.6. The maximum atomic E-state index is 13.9. The molecule has 202 valence electrons. The fraction of sp³-hybridized carbons (Fsp3) is 0.393. The number of nitrogens with zero attached hydrogens (tertiary/aromatic N) is 4. The Morgan fingerprint density at radius 1 is 1.05 bits per heavy atom. The van der Waals surface area contributed by atoms with Gasteiger partial charge in [-0.15, -0.1) is 0 Å². The molecule has 0 bridgehead atoms. The number of carbonyl (C=O) groups is 2. The molecule has 2 aromatic carbocycles. The summed E-state index contributed by atoms with van der Waals surface area (Å²) in [5.41, 5.74) is 2.31. The lowest BCUT2D eigenvalue weighted by molar-refractivity contribution is -0.122. The summed E-state index contributed by atoms with van der Waals surface area (Å²) in [5.74, 6) is 0.157. The Balaban J connectivity index is 1.62. The number of rotatable bonds is 6. The van der Waals surface area contributed by atoms with Gasteiger partial charge in [0, 0.05) is 39.0 Å². The molecule has 0 fully saturated rings. The molecule has 10 heteroatoms. The van der Waals surface area contributed by atoms with Crippen molar-refractivity contribution in [2.24, 2.45) is 0 Å². The van der Waals surface area contributed by atoms with Gasteiger partial charge in [-0.3, -0.25) is 9.59 Å². The monoisotopic (exact) mass is 524 g/mol. The van der Waals surface area contributed by atoms with Crippen molar-refractivity contribution in [3.05, 3.63) is 76.9 Å². The summed E-state index contributed by atoms with van der Waals surface area (Å²) in [6.45, 7) is 4.45. The van der Waals surface area contributed by atoms with E-state index in [0.717, 1.165) is 24.2 Å². The van der Waals surface area contributed by atoms with Crippen LogP contribution in [0.5, 0.6) is 5.75 Å². The van der Waals surface area contributed by atoms with E-state index in [2.05, 4.69) is 10.1 Å². The van der Waals surface area contributed by atoms with E-state index in [9.17, 15) is 14.0 Å². The lowest BCUT2D eigenvalue weighted by atomic mass is 10.1. The molecule has 0 saturated carbocycles. The van der Waals surface area contributed by atoms with Crippen molar-refractivity contribution in [2.75, 3.05) is 51.8 Å². The van der Waals surface area contributed by atoms with Gasteiger partial charge in [0.15, 0.2) is 5.69 Å². The summed E-state index contributed by atoms with van der Waals surface area (Å²) in [5, 5.41) is 4.07. The molecule has 2 heterocycles. The van der Waals surface area contributed by atoms with Crippen molar-refractivity contribution in [3.63, 3.8) is 0 Å². The molecule has 38 heavy (non-hydrogen) atoms. The molecule has 0 atom stereocenters. The highest BCUT2D eigenvalue weighted by molar-refractivity contribution is 5.96. The first-order valence-electron chi connectivity index (χ1n) is 12.6. The third kappa shape index (κ3) is 6.56. The van der Waals surface area contributed by atoms with E-state index in [1.807, 2.05) is 31.3 Å². The predicted octanol–water partition coefficient (Wildman–Crippen LogP) is 3.66. The number of methoxy groups -OCH3 is 1. The summed E-state index contributed by atoms with van der Waals surface area (Å²) in [6.07, 6.45) is 0.779. The highest BCUT2D eigenvalue weighted by Crippen LogP contribution is 2.26. The van der Waals surface area contributed by atoms with Gasteiger partial charge in [0.25, 0.3) is 11.8 Å². The van der Waals surface area contributed by atoms with Gasteiger partial charge in [-0.2, -0.15) is 0 Å². The quantitative estimate of drug-likeness (QED) is 0.486. The van der Waals surface area contributed by atoms with Crippen LogP contribution in [-0.2, 0) is 22.7 Å². The molecule has 4 rings (SSSR count). The van der Waals surface area contributed by atoms with E-state index < -0.39 is 0 Å². The van der Waals surface area contributed by atoms with E-state index in [1.165, 1.54) is 31.4 Å². The van der Waals surface area contributed by atoms with Crippen LogP contribution < -0.4 is 9.64 Å². The number of fused-ring (bicyclic) bond motifs is 1.